The molecule has 0 bridgehead atoms. The maximum Gasteiger partial charge on any atom is 0.0702 e. The lowest BCUT2D eigenvalue weighted by atomic mass is 10.1. The van der Waals surface area contributed by atoms with Gasteiger partial charge in [0.25, 0.3) is 0 Å². The Balaban J connectivity index is 2.11. The van der Waals surface area contributed by atoms with Crippen molar-refractivity contribution in [3.8, 4) is 0 Å². The quantitative estimate of drug-likeness (QED) is 0.534. The highest BCUT2D eigenvalue weighted by atomic mass is 32.1. The fourth-order valence-electron chi connectivity index (χ4n) is 2.08. The Bertz CT molecular complexity index is 155. The number of piperidine rings is 1. The van der Waals surface area contributed by atoms with Crippen molar-refractivity contribution in [1.29, 1.82) is 0 Å². The van der Waals surface area contributed by atoms with Gasteiger partial charge in [-0.15, -0.1) is 0 Å². The van der Waals surface area contributed by atoms with E-state index in [2.05, 4.69) is 24.5 Å². The maximum atomic E-state index is 5.81. The van der Waals surface area contributed by atoms with Gasteiger partial charge in [-0.2, -0.15) is 12.6 Å². The predicted octanol–water partition coefficient (Wildman–Crippen LogP) is 2.59. The Morgan fingerprint density at radius 1 is 1.40 bits per heavy atom. The third-order valence-electron chi connectivity index (χ3n) is 2.90. The molecule has 1 heterocycles. The van der Waals surface area contributed by atoms with Crippen LogP contribution < -0.4 is 0 Å². The average molecular weight is 231 g/mol. The summed E-state index contributed by atoms with van der Waals surface area (Å²) in [7, 11) is 0. The molecule has 0 aromatic carbocycles. The molecule has 0 radical (unpaired) electrons. The summed E-state index contributed by atoms with van der Waals surface area (Å²) in [5.41, 5.74) is 0. The lowest BCUT2D eigenvalue weighted by molar-refractivity contribution is -0.000234. The molecule has 0 N–H and O–H groups in total. The molecule has 0 spiro atoms. The first-order valence-corrected chi connectivity index (χ1v) is 6.95. The van der Waals surface area contributed by atoms with Crippen molar-refractivity contribution >= 4 is 12.6 Å². The molecule has 90 valence electrons. The van der Waals surface area contributed by atoms with Crippen LogP contribution in [0.4, 0.5) is 0 Å². The molecule has 1 saturated heterocycles. The number of rotatable bonds is 7. The summed E-state index contributed by atoms with van der Waals surface area (Å²) in [6.07, 6.45) is 6.70. The number of unbranched alkanes of at least 4 members (excludes halogenated alkanes) is 1. The van der Waals surface area contributed by atoms with Gasteiger partial charge in [0.05, 0.1) is 6.10 Å². The molecule has 15 heavy (non-hydrogen) atoms. The smallest absolute Gasteiger partial charge is 0.0702 e. The van der Waals surface area contributed by atoms with Crippen molar-refractivity contribution in [3.63, 3.8) is 0 Å². The first-order valence-electron chi connectivity index (χ1n) is 6.31. The van der Waals surface area contributed by atoms with Crippen LogP contribution in [0.15, 0.2) is 0 Å². The molecular formula is C12H25NOS. The van der Waals surface area contributed by atoms with E-state index >= 15 is 0 Å². The fraction of sp³-hybridized carbons (Fsp3) is 1.00. The molecule has 0 amide bonds. The van der Waals surface area contributed by atoms with Gasteiger partial charge in [-0.1, -0.05) is 6.92 Å². The van der Waals surface area contributed by atoms with Crippen LogP contribution in [0.1, 0.15) is 39.0 Å². The minimum atomic E-state index is 0.495. The van der Waals surface area contributed by atoms with Crippen LogP contribution in [0.25, 0.3) is 0 Å². The molecule has 2 nitrogen and oxygen atoms in total. The number of thiol groups is 1. The normalized spacial score (nSPS) is 23.2. The van der Waals surface area contributed by atoms with Crippen LogP contribution in [0.2, 0.25) is 0 Å². The van der Waals surface area contributed by atoms with Gasteiger partial charge in [-0.05, 0) is 50.9 Å². The van der Waals surface area contributed by atoms with Crippen molar-refractivity contribution in [2.24, 2.45) is 0 Å². The molecule has 0 aromatic rings. The minimum absolute atomic E-state index is 0.495. The van der Waals surface area contributed by atoms with E-state index in [1.165, 1.54) is 38.8 Å². The zero-order valence-corrected chi connectivity index (χ0v) is 10.8. The lowest BCUT2D eigenvalue weighted by Gasteiger charge is -2.32. The van der Waals surface area contributed by atoms with Crippen LogP contribution in [-0.2, 0) is 4.74 Å². The molecule has 1 rings (SSSR count). The maximum absolute atomic E-state index is 5.81. The van der Waals surface area contributed by atoms with E-state index in [1.807, 2.05) is 0 Å². The SMILES string of the molecule is CCCOC1CCCN(CCCCS)C1. The molecule has 1 atom stereocenters. The second-order valence-corrected chi connectivity index (χ2v) is 4.81. The summed E-state index contributed by atoms with van der Waals surface area (Å²) in [4.78, 5) is 2.55. The fourth-order valence-corrected chi connectivity index (χ4v) is 2.31. The zero-order valence-electron chi connectivity index (χ0n) is 9.95. The van der Waals surface area contributed by atoms with Crippen molar-refractivity contribution < 1.29 is 4.74 Å². The van der Waals surface area contributed by atoms with E-state index in [9.17, 15) is 0 Å². The van der Waals surface area contributed by atoms with Crippen LogP contribution in [0.5, 0.6) is 0 Å². The number of ether oxygens (including phenoxy) is 1. The van der Waals surface area contributed by atoms with Crippen molar-refractivity contribution in [1.82, 2.24) is 4.90 Å². The minimum Gasteiger partial charge on any atom is -0.377 e. The highest BCUT2D eigenvalue weighted by Gasteiger charge is 2.19. The first kappa shape index (κ1) is 13.3. The largest absolute Gasteiger partial charge is 0.377 e. The van der Waals surface area contributed by atoms with Gasteiger partial charge in [-0.25, -0.2) is 0 Å². The van der Waals surface area contributed by atoms with Crippen LogP contribution >= 0.6 is 12.6 Å². The molecule has 1 aliphatic rings. The Kier molecular flexibility index (Phi) is 7.49. The van der Waals surface area contributed by atoms with Gasteiger partial charge in [-0.3, -0.25) is 0 Å². The summed E-state index contributed by atoms with van der Waals surface area (Å²) in [6.45, 7) is 6.74. The zero-order chi connectivity index (χ0) is 10.9. The molecule has 1 fully saturated rings. The second kappa shape index (κ2) is 8.43. The van der Waals surface area contributed by atoms with E-state index in [1.54, 1.807) is 0 Å². The second-order valence-electron chi connectivity index (χ2n) is 4.37. The van der Waals surface area contributed by atoms with Crippen LogP contribution in [0, 0.1) is 0 Å². The molecule has 0 aromatic heterocycles. The van der Waals surface area contributed by atoms with Crippen molar-refractivity contribution in [2.45, 2.75) is 45.1 Å². The highest BCUT2D eigenvalue weighted by Crippen LogP contribution is 2.14. The summed E-state index contributed by atoms with van der Waals surface area (Å²) in [5, 5.41) is 0. The third-order valence-corrected chi connectivity index (χ3v) is 3.22. The van der Waals surface area contributed by atoms with E-state index in [-0.39, 0.29) is 0 Å². The molecule has 1 unspecified atom stereocenters. The Hall–Kier alpha value is 0.270. The van der Waals surface area contributed by atoms with Gasteiger partial charge in [0.15, 0.2) is 0 Å². The third kappa shape index (κ3) is 5.79. The van der Waals surface area contributed by atoms with Gasteiger partial charge in [0.1, 0.15) is 0 Å². The molecular weight excluding hydrogens is 206 g/mol. The topological polar surface area (TPSA) is 12.5 Å². The number of nitrogens with zero attached hydrogens (tertiary/aromatic N) is 1. The summed E-state index contributed by atoms with van der Waals surface area (Å²) >= 11 is 4.24. The average Bonchev–Trinajstić information content (AvgIpc) is 2.27. The number of hydrogen-bond acceptors (Lipinski definition) is 3. The Morgan fingerprint density at radius 2 is 2.27 bits per heavy atom. The monoisotopic (exact) mass is 231 g/mol. The van der Waals surface area contributed by atoms with Gasteiger partial charge in [0, 0.05) is 13.2 Å². The lowest BCUT2D eigenvalue weighted by Crippen LogP contribution is -2.40. The number of likely N-dealkylation sites (tertiary alicyclic amines) is 1. The van der Waals surface area contributed by atoms with E-state index in [4.69, 9.17) is 4.74 Å². The van der Waals surface area contributed by atoms with Gasteiger partial charge in [0.2, 0.25) is 0 Å². The summed E-state index contributed by atoms with van der Waals surface area (Å²) in [5.74, 6) is 1.02. The first-order chi connectivity index (χ1) is 7.36. The highest BCUT2D eigenvalue weighted by molar-refractivity contribution is 7.80. The van der Waals surface area contributed by atoms with Crippen molar-refractivity contribution in [2.75, 3.05) is 32.0 Å². The molecule has 0 aliphatic carbocycles. The number of hydrogen-bond donors (Lipinski definition) is 1. The van der Waals surface area contributed by atoms with Crippen LogP contribution in [0.3, 0.4) is 0 Å². The van der Waals surface area contributed by atoms with Gasteiger partial charge < -0.3 is 9.64 Å². The predicted molar refractivity (Wildman–Crippen MR) is 68.8 cm³/mol. The molecule has 3 heteroatoms. The molecule has 1 aliphatic heterocycles. The standard InChI is InChI=1S/C12H25NOS/c1-2-9-14-12-6-5-8-13(11-12)7-3-4-10-15/h12,15H,2-11H2,1H3. The summed E-state index contributed by atoms with van der Waals surface area (Å²) < 4.78 is 5.81. The van der Waals surface area contributed by atoms with E-state index in [0.717, 1.165) is 25.3 Å². The van der Waals surface area contributed by atoms with Crippen LogP contribution in [-0.4, -0.2) is 43.0 Å². The Morgan fingerprint density at radius 3 is 3.00 bits per heavy atom. The Labute approximate surface area is 99.8 Å². The van der Waals surface area contributed by atoms with E-state index < -0.39 is 0 Å². The van der Waals surface area contributed by atoms with E-state index in [0.29, 0.717) is 6.10 Å². The molecule has 0 saturated carbocycles. The van der Waals surface area contributed by atoms with Crippen molar-refractivity contribution in [3.05, 3.63) is 0 Å². The summed E-state index contributed by atoms with van der Waals surface area (Å²) in [6, 6.07) is 0. The van der Waals surface area contributed by atoms with Gasteiger partial charge >= 0.3 is 0 Å².